The van der Waals surface area contributed by atoms with Crippen molar-refractivity contribution in [2.75, 3.05) is 5.75 Å². The molecule has 4 aromatic rings. The molecule has 1 aliphatic rings. The third-order valence-corrected chi connectivity index (χ3v) is 8.30. The number of aryl methyl sites for hydroxylation is 1. The number of aliphatic carboxylic acids is 1. The maximum absolute atomic E-state index is 13.2. The molecule has 0 radical (unpaired) electrons. The number of carboxylic acids is 1. The van der Waals surface area contributed by atoms with E-state index >= 15 is 0 Å². The van der Waals surface area contributed by atoms with Crippen LogP contribution in [0.3, 0.4) is 0 Å². The molecule has 3 aromatic carbocycles. The number of thioether (sulfide) groups is 1. The van der Waals surface area contributed by atoms with Crippen LogP contribution in [0.25, 0.3) is 22.0 Å². The molecule has 0 aliphatic heterocycles. The molecule has 184 valence electrons. The van der Waals surface area contributed by atoms with E-state index in [1.165, 1.54) is 22.4 Å². The maximum atomic E-state index is 13.2. The monoisotopic (exact) mass is 503 g/mol. The summed E-state index contributed by atoms with van der Waals surface area (Å²) in [6.07, 6.45) is 2.37. The highest BCUT2D eigenvalue weighted by atomic mass is 32.2. The zero-order valence-corrected chi connectivity index (χ0v) is 20.4. The van der Waals surface area contributed by atoms with Gasteiger partial charge in [-0.3, -0.25) is 9.59 Å². The average Bonchev–Trinajstić information content (AvgIpc) is 3.29. The highest BCUT2D eigenvalue weighted by Gasteiger charge is 2.41. The molecule has 1 aromatic heterocycles. The molecule has 8 heteroatoms. The molecular weight excluding hydrogens is 477 g/mol. The first-order chi connectivity index (χ1) is 17.5. The molecule has 1 aliphatic carbocycles. The number of carboxylic acid groups (broad SMARTS) is 1. The molecule has 36 heavy (non-hydrogen) atoms. The number of hydrogen-bond donors (Lipinski definition) is 1. The van der Waals surface area contributed by atoms with Crippen LogP contribution in [0, 0.1) is 17.7 Å². The van der Waals surface area contributed by atoms with Crippen LogP contribution in [-0.4, -0.2) is 37.1 Å². The third kappa shape index (κ3) is 5.18. The topological polar surface area (TPSA) is 85.1 Å². The van der Waals surface area contributed by atoms with Gasteiger partial charge in [-0.05, 0) is 71.9 Å². The lowest BCUT2D eigenvalue weighted by Crippen LogP contribution is -2.33. The maximum Gasteiger partial charge on any atom is 0.307 e. The second-order valence-electron chi connectivity index (χ2n) is 9.16. The number of nitrogens with zero attached hydrogens (tertiary/aromatic N) is 3. The van der Waals surface area contributed by atoms with Crippen molar-refractivity contribution in [3.63, 3.8) is 0 Å². The van der Waals surface area contributed by atoms with E-state index in [0.29, 0.717) is 10.9 Å². The Morgan fingerprint density at radius 2 is 1.69 bits per heavy atom. The van der Waals surface area contributed by atoms with E-state index in [0.717, 1.165) is 36.1 Å². The first-order valence-electron chi connectivity index (χ1n) is 12.0. The lowest BCUT2D eigenvalue weighted by molar-refractivity contribution is -0.142. The third-order valence-electron chi connectivity index (χ3n) is 6.91. The van der Waals surface area contributed by atoms with Crippen LogP contribution in [0.5, 0.6) is 0 Å². The normalized spacial score (nSPS) is 19.5. The Morgan fingerprint density at radius 3 is 2.42 bits per heavy atom. The quantitative estimate of drug-likeness (QED) is 0.362. The molecule has 1 N–H and O–H groups in total. The molecule has 0 unspecified atom stereocenters. The van der Waals surface area contributed by atoms with Gasteiger partial charge < -0.3 is 5.11 Å². The Kier molecular flexibility index (Phi) is 7.13. The standard InChI is InChI=1S/C28H26FN3O3S/c29-22-12-9-20(10-13-22)19-7-5-18(6-8-19)15-16-36-25-14-11-21(26(25)28(34)35)17-32-27(33)23-3-1-2-4-24(23)30-31-32/h1-10,12-13,21,25-26H,11,14-17H2,(H,34,35)/t21-,25-,26-/m1/s1. The van der Waals surface area contributed by atoms with Gasteiger partial charge in [0.2, 0.25) is 0 Å². The van der Waals surface area contributed by atoms with Gasteiger partial charge in [0.15, 0.2) is 0 Å². The van der Waals surface area contributed by atoms with E-state index in [4.69, 9.17) is 0 Å². The van der Waals surface area contributed by atoms with Crippen molar-refractivity contribution < 1.29 is 14.3 Å². The predicted molar refractivity (Wildman–Crippen MR) is 139 cm³/mol. The summed E-state index contributed by atoms with van der Waals surface area (Å²) in [6, 6.07) is 21.7. The average molecular weight is 504 g/mol. The number of carbonyl (C=O) groups is 1. The van der Waals surface area contributed by atoms with Crippen LogP contribution in [0.15, 0.2) is 77.6 Å². The van der Waals surface area contributed by atoms with Gasteiger partial charge in [0, 0.05) is 5.25 Å². The van der Waals surface area contributed by atoms with Gasteiger partial charge in [-0.25, -0.2) is 9.07 Å². The van der Waals surface area contributed by atoms with Crippen molar-refractivity contribution in [2.24, 2.45) is 11.8 Å². The first kappa shape index (κ1) is 24.2. The fourth-order valence-electron chi connectivity index (χ4n) is 4.99. The van der Waals surface area contributed by atoms with Gasteiger partial charge in [0.05, 0.1) is 17.8 Å². The van der Waals surface area contributed by atoms with Crippen LogP contribution >= 0.6 is 11.8 Å². The number of benzene rings is 3. The summed E-state index contributed by atoms with van der Waals surface area (Å²) < 4.78 is 14.5. The van der Waals surface area contributed by atoms with E-state index in [9.17, 15) is 19.1 Å². The van der Waals surface area contributed by atoms with Crippen molar-refractivity contribution >= 4 is 28.6 Å². The van der Waals surface area contributed by atoms with E-state index in [1.807, 2.05) is 12.1 Å². The fourth-order valence-corrected chi connectivity index (χ4v) is 6.50. The van der Waals surface area contributed by atoms with Gasteiger partial charge in [0.25, 0.3) is 5.56 Å². The van der Waals surface area contributed by atoms with Crippen molar-refractivity contribution in [3.8, 4) is 11.1 Å². The molecule has 3 atom stereocenters. The van der Waals surface area contributed by atoms with Crippen molar-refractivity contribution in [2.45, 2.75) is 31.1 Å². The Labute approximate surface area is 212 Å². The van der Waals surface area contributed by atoms with Gasteiger partial charge in [0.1, 0.15) is 11.3 Å². The molecule has 5 rings (SSSR count). The summed E-state index contributed by atoms with van der Waals surface area (Å²) >= 11 is 1.69. The zero-order chi connectivity index (χ0) is 25.1. The van der Waals surface area contributed by atoms with E-state index < -0.39 is 11.9 Å². The van der Waals surface area contributed by atoms with E-state index in [2.05, 4.69) is 22.4 Å². The SMILES string of the molecule is O=C(O)[C@@H]1[C@@H](Cn2nnc3ccccc3c2=O)CC[C@H]1SCCc1ccc(-c2ccc(F)cc2)cc1. The highest BCUT2D eigenvalue weighted by Crippen LogP contribution is 2.40. The van der Waals surface area contributed by atoms with Gasteiger partial charge >= 0.3 is 5.97 Å². The fraction of sp³-hybridized carbons (Fsp3) is 0.286. The smallest absolute Gasteiger partial charge is 0.307 e. The molecule has 1 saturated carbocycles. The second-order valence-corrected chi connectivity index (χ2v) is 10.5. The van der Waals surface area contributed by atoms with Crippen LogP contribution in [0.2, 0.25) is 0 Å². The molecule has 0 spiro atoms. The Morgan fingerprint density at radius 1 is 1.00 bits per heavy atom. The van der Waals surface area contributed by atoms with Crippen LogP contribution in [0.4, 0.5) is 4.39 Å². The molecule has 0 amide bonds. The van der Waals surface area contributed by atoms with E-state index in [1.54, 1.807) is 48.2 Å². The summed E-state index contributed by atoms with van der Waals surface area (Å²) in [7, 11) is 0. The largest absolute Gasteiger partial charge is 0.481 e. The van der Waals surface area contributed by atoms with Crippen molar-refractivity contribution in [3.05, 3.63) is 94.5 Å². The zero-order valence-electron chi connectivity index (χ0n) is 19.6. The van der Waals surface area contributed by atoms with Crippen LogP contribution < -0.4 is 5.56 Å². The summed E-state index contributed by atoms with van der Waals surface area (Å²) in [4.78, 5) is 25.0. The molecule has 1 fully saturated rings. The Bertz CT molecular complexity index is 1420. The molecule has 0 saturated heterocycles. The Balaban J connectivity index is 1.20. The van der Waals surface area contributed by atoms with Gasteiger partial charge in [-0.15, -0.1) is 5.10 Å². The van der Waals surface area contributed by atoms with Crippen molar-refractivity contribution in [1.82, 2.24) is 15.0 Å². The summed E-state index contributed by atoms with van der Waals surface area (Å²) in [5, 5.41) is 18.7. The van der Waals surface area contributed by atoms with Gasteiger partial charge in [-0.1, -0.05) is 53.7 Å². The van der Waals surface area contributed by atoms with Crippen LogP contribution in [0.1, 0.15) is 18.4 Å². The molecule has 6 nitrogen and oxygen atoms in total. The summed E-state index contributed by atoms with van der Waals surface area (Å²) in [5.41, 5.74) is 3.48. The number of rotatable bonds is 8. The number of fused-ring (bicyclic) bond motifs is 1. The summed E-state index contributed by atoms with van der Waals surface area (Å²) in [6.45, 7) is 0.259. The first-order valence-corrected chi connectivity index (χ1v) is 13.1. The molecular formula is C28H26FN3O3S. The number of halogens is 1. The van der Waals surface area contributed by atoms with Crippen LogP contribution in [-0.2, 0) is 17.8 Å². The van der Waals surface area contributed by atoms with Crippen molar-refractivity contribution in [1.29, 1.82) is 0 Å². The minimum atomic E-state index is -0.819. The summed E-state index contributed by atoms with van der Waals surface area (Å²) in [5.74, 6) is -0.953. The highest BCUT2D eigenvalue weighted by molar-refractivity contribution is 7.99. The minimum Gasteiger partial charge on any atom is -0.481 e. The number of hydrogen-bond acceptors (Lipinski definition) is 5. The number of aromatic nitrogens is 3. The molecule has 1 heterocycles. The lowest BCUT2D eigenvalue weighted by Gasteiger charge is -2.21. The predicted octanol–water partition coefficient (Wildman–Crippen LogP) is 5.05. The molecule has 0 bridgehead atoms. The minimum absolute atomic E-state index is 0.00453. The van der Waals surface area contributed by atoms with Gasteiger partial charge in [-0.2, -0.15) is 11.8 Å². The second kappa shape index (κ2) is 10.6. The van der Waals surface area contributed by atoms with E-state index in [-0.39, 0.29) is 29.1 Å². The lowest BCUT2D eigenvalue weighted by atomic mass is 9.96. The Hall–Kier alpha value is -3.52.